The third-order valence-corrected chi connectivity index (χ3v) is 6.77. The van der Waals surface area contributed by atoms with E-state index in [0.717, 1.165) is 20.1 Å². The molecule has 0 aliphatic heterocycles. The minimum atomic E-state index is -0.381. The predicted molar refractivity (Wildman–Crippen MR) is 136 cm³/mol. The fraction of sp³-hybridized carbons (Fsp3) is 0.0385. The number of fused-ring (bicyclic) bond motifs is 1. The average Bonchev–Trinajstić information content (AvgIpc) is 3.51. The van der Waals surface area contributed by atoms with Crippen LogP contribution in [0.2, 0.25) is 0 Å². The summed E-state index contributed by atoms with van der Waals surface area (Å²) < 4.78 is 12.6. The largest absolute Gasteiger partial charge is 0.465 e. The van der Waals surface area contributed by atoms with Crippen LogP contribution in [-0.2, 0) is 4.74 Å². The number of halogens is 1. The topological polar surface area (TPSA) is 81.4 Å². The molecule has 0 atom stereocenters. The van der Waals surface area contributed by atoms with E-state index in [1.54, 1.807) is 36.5 Å². The molecule has 0 radical (unpaired) electrons. The second-order valence-electron chi connectivity index (χ2n) is 7.39. The van der Waals surface area contributed by atoms with Crippen molar-refractivity contribution in [3.63, 3.8) is 0 Å². The first-order valence-electron chi connectivity index (χ1n) is 10.3. The number of nitrogens with one attached hydrogen (secondary N) is 1. The Morgan fingerprint density at radius 1 is 1.03 bits per heavy atom. The molecule has 1 amide bonds. The highest BCUT2D eigenvalue weighted by molar-refractivity contribution is 9.10. The summed E-state index contributed by atoms with van der Waals surface area (Å²) in [5, 5.41) is 3.78. The number of amides is 1. The van der Waals surface area contributed by atoms with Gasteiger partial charge in [0.2, 0.25) is 5.89 Å². The van der Waals surface area contributed by atoms with Crippen molar-refractivity contribution in [2.24, 2.45) is 0 Å². The zero-order valence-corrected chi connectivity index (χ0v) is 20.3. The lowest BCUT2D eigenvalue weighted by atomic mass is 10.1. The number of benzene rings is 3. The number of rotatable bonds is 5. The first-order valence-corrected chi connectivity index (χ1v) is 11.9. The molecule has 1 N–H and O–H groups in total. The summed E-state index contributed by atoms with van der Waals surface area (Å²) in [4.78, 5) is 29.9. The zero-order chi connectivity index (χ0) is 23.7. The number of esters is 1. The van der Waals surface area contributed by atoms with Crippen molar-refractivity contribution in [2.45, 2.75) is 0 Å². The highest BCUT2D eigenvalue weighted by Crippen LogP contribution is 2.31. The van der Waals surface area contributed by atoms with Crippen LogP contribution >= 0.6 is 27.3 Å². The van der Waals surface area contributed by atoms with E-state index in [0.29, 0.717) is 33.3 Å². The van der Waals surface area contributed by atoms with Crippen molar-refractivity contribution in [3.05, 3.63) is 93.9 Å². The molecule has 0 spiro atoms. The molecule has 0 bridgehead atoms. The number of carbonyl (C=O) groups is 2. The summed E-state index contributed by atoms with van der Waals surface area (Å²) >= 11 is 4.81. The van der Waals surface area contributed by atoms with E-state index in [1.165, 1.54) is 18.4 Å². The fourth-order valence-corrected chi connectivity index (χ4v) is 4.92. The number of methoxy groups -OCH3 is 1. The Morgan fingerprint density at radius 2 is 1.88 bits per heavy atom. The second-order valence-corrected chi connectivity index (χ2v) is 9.39. The van der Waals surface area contributed by atoms with Crippen molar-refractivity contribution >= 4 is 54.9 Å². The van der Waals surface area contributed by atoms with Gasteiger partial charge in [-0.15, -0.1) is 11.3 Å². The summed E-state index contributed by atoms with van der Waals surface area (Å²) in [6.07, 6.45) is 1.65. The lowest BCUT2D eigenvalue weighted by molar-refractivity contribution is 0.0606. The number of aromatic nitrogens is 1. The van der Waals surface area contributed by atoms with E-state index in [9.17, 15) is 9.59 Å². The maximum absolute atomic E-state index is 13.2. The summed E-state index contributed by atoms with van der Waals surface area (Å²) in [5.74, 6) is 0.294. The number of hydrogen-bond donors (Lipinski definition) is 1. The molecule has 3 aromatic carbocycles. The number of anilines is 1. The summed E-state index contributed by atoms with van der Waals surface area (Å²) in [6, 6.07) is 22.1. The maximum atomic E-state index is 13.2. The van der Waals surface area contributed by atoms with Gasteiger partial charge in [0.25, 0.3) is 5.91 Å². The van der Waals surface area contributed by atoms with E-state index in [4.69, 9.17) is 9.15 Å². The van der Waals surface area contributed by atoms with Gasteiger partial charge in [0.05, 0.1) is 18.9 Å². The normalized spacial score (nSPS) is 10.9. The van der Waals surface area contributed by atoms with Crippen LogP contribution in [0.3, 0.4) is 0 Å². The van der Waals surface area contributed by atoms with Gasteiger partial charge in [0.15, 0.2) is 5.76 Å². The van der Waals surface area contributed by atoms with Crippen molar-refractivity contribution in [1.82, 2.24) is 4.98 Å². The van der Waals surface area contributed by atoms with Crippen LogP contribution in [0.25, 0.3) is 32.9 Å². The van der Waals surface area contributed by atoms with Crippen LogP contribution in [0.15, 0.2) is 87.9 Å². The molecule has 8 heteroatoms. The predicted octanol–water partition coefficient (Wildman–Crippen LogP) is 7.02. The van der Waals surface area contributed by atoms with Gasteiger partial charge in [-0.25, -0.2) is 9.78 Å². The standard InChI is InChI=1S/C26H17BrN2O4S/c1-32-26(31)23-13-16-12-18(9-10-22(16)34-23)29-24(30)19-7-2-3-8-20(19)25-28-14-21(33-25)15-5-4-6-17(27)11-15/h2-14H,1H3,(H,29,30). The lowest BCUT2D eigenvalue weighted by Gasteiger charge is -2.08. The first kappa shape index (κ1) is 22.1. The Labute approximate surface area is 207 Å². The fourth-order valence-electron chi connectivity index (χ4n) is 3.56. The molecule has 2 aromatic heterocycles. The van der Waals surface area contributed by atoms with E-state index in [2.05, 4.69) is 26.2 Å². The Bertz CT molecular complexity index is 1540. The van der Waals surface area contributed by atoms with Gasteiger partial charge in [0, 0.05) is 26.0 Å². The van der Waals surface area contributed by atoms with Gasteiger partial charge >= 0.3 is 5.97 Å². The minimum absolute atomic E-state index is 0.291. The van der Waals surface area contributed by atoms with Crippen LogP contribution in [0, 0.1) is 0 Å². The van der Waals surface area contributed by atoms with Crippen molar-refractivity contribution < 1.29 is 18.7 Å². The van der Waals surface area contributed by atoms with Crippen molar-refractivity contribution in [3.8, 4) is 22.8 Å². The molecule has 0 fully saturated rings. The van der Waals surface area contributed by atoms with Crippen LogP contribution in [0.5, 0.6) is 0 Å². The molecule has 0 aliphatic carbocycles. The smallest absolute Gasteiger partial charge is 0.348 e. The second kappa shape index (κ2) is 9.24. The Balaban J connectivity index is 1.42. The van der Waals surface area contributed by atoms with E-state index >= 15 is 0 Å². The lowest BCUT2D eigenvalue weighted by Crippen LogP contribution is -2.13. The highest BCUT2D eigenvalue weighted by Gasteiger charge is 2.18. The third kappa shape index (κ3) is 4.37. The Hall–Kier alpha value is -3.75. The quantitative estimate of drug-likeness (QED) is 0.246. The molecule has 0 unspecified atom stereocenters. The first-order chi connectivity index (χ1) is 16.5. The molecular weight excluding hydrogens is 516 g/mol. The SMILES string of the molecule is COC(=O)c1cc2cc(NC(=O)c3ccccc3-c3ncc(-c4cccc(Br)c4)o3)ccc2s1. The molecule has 6 nitrogen and oxygen atoms in total. The maximum Gasteiger partial charge on any atom is 0.348 e. The molecule has 34 heavy (non-hydrogen) atoms. The monoisotopic (exact) mass is 532 g/mol. The van der Waals surface area contributed by atoms with E-state index < -0.39 is 0 Å². The molecule has 0 aliphatic rings. The van der Waals surface area contributed by atoms with Crippen LogP contribution in [0.4, 0.5) is 5.69 Å². The third-order valence-electron chi connectivity index (χ3n) is 5.18. The van der Waals surface area contributed by atoms with Gasteiger partial charge in [-0.2, -0.15) is 0 Å². The average molecular weight is 533 g/mol. The van der Waals surface area contributed by atoms with Gasteiger partial charge < -0.3 is 14.5 Å². The minimum Gasteiger partial charge on any atom is -0.465 e. The molecule has 5 rings (SSSR count). The number of ether oxygens (including phenoxy) is 1. The number of carbonyl (C=O) groups excluding carboxylic acids is 2. The van der Waals surface area contributed by atoms with E-state index in [1.807, 2.05) is 42.5 Å². The van der Waals surface area contributed by atoms with Crippen LogP contribution in [0.1, 0.15) is 20.0 Å². The van der Waals surface area contributed by atoms with E-state index in [-0.39, 0.29) is 11.9 Å². The molecule has 5 aromatic rings. The van der Waals surface area contributed by atoms with Gasteiger partial charge in [-0.1, -0.05) is 40.2 Å². The Morgan fingerprint density at radius 3 is 2.71 bits per heavy atom. The summed E-state index contributed by atoms with van der Waals surface area (Å²) in [5.41, 5.74) is 2.52. The molecule has 0 saturated heterocycles. The van der Waals surface area contributed by atoms with Crippen molar-refractivity contribution in [2.75, 3.05) is 12.4 Å². The number of nitrogens with zero attached hydrogens (tertiary/aromatic N) is 1. The number of hydrogen-bond acceptors (Lipinski definition) is 6. The number of thiophene rings is 1. The van der Waals surface area contributed by atoms with Gasteiger partial charge in [-0.05, 0) is 53.9 Å². The summed E-state index contributed by atoms with van der Waals surface area (Å²) in [6.45, 7) is 0. The zero-order valence-electron chi connectivity index (χ0n) is 17.9. The van der Waals surface area contributed by atoms with Gasteiger partial charge in [-0.3, -0.25) is 4.79 Å². The molecule has 0 saturated carbocycles. The molecular formula is C26H17BrN2O4S. The molecule has 168 valence electrons. The van der Waals surface area contributed by atoms with Crippen molar-refractivity contribution in [1.29, 1.82) is 0 Å². The van der Waals surface area contributed by atoms with Crippen LogP contribution in [-0.4, -0.2) is 24.0 Å². The Kier molecular flexibility index (Phi) is 6.00. The summed E-state index contributed by atoms with van der Waals surface area (Å²) in [7, 11) is 1.35. The molecule has 2 heterocycles. The number of oxazole rings is 1. The highest BCUT2D eigenvalue weighted by atomic mass is 79.9. The van der Waals surface area contributed by atoms with Gasteiger partial charge in [0.1, 0.15) is 4.88 Å². The van der Waals surface area contributed by atoms with Crippen LogP contribution < -0.4 is 5.32 Å².